The van der Waals surface area contributed by atoms with Gasteiger partial charge in [-0.15, -0.1) is 0 Å². The van der Waals surface area contributed by atoms with Crippen molar-refractivity contribution < 1.29 is 14.3 Å². The summed E-state index contributed by atoms with van der Waals surface area (Å²) in [6.07, 6.45) is 1.68. The fourth-order valence-corrected chi connectivity index (χ4v) is 2.77. The molecule has 0 saturated heterocycles. The molecule has 0 fully saturated rings. The van der Waals surface area contributed by atoms with E-state index in [1.54, 1.807) is 11.0 Å². The van der Waals surface area contributed by atoms with Crippen molar-refractivity contribution in [1.82, 2.24) is 0 Å². The van der Waals surface area contributed by atoms with Gasteiger partial charge in [0.25, 0.3) is 5.91 Å². The lowest BCUT2D eigenvalue weighted by Crippen LogP contribution is -2.35. The number of carbonyl (C=O) groups is 2. The molecule has 2 aromatic rings. The topological polar surface area (TPSA) is 46.6 Å². The fraction of sp³-hybridized carbons (Fsp3) is 0.238. The Bertz CT molecular complexity index is 795. The number of anilines is 1. The summed E-state index contributed by atoms with van der Waals surface area (Å²) in [6.45, 7) is 9.45. The second-order valence-electron chi connectivity index (χ2n) is 5.83. The molecule has 4 heteroatoms. The first-order chi connectivity index (χ1) is 12.0. The van der Waals surface area contributed by atoms with Crippen LogP contribution in [0.5, 0.6) is 0 Å². The highest BCUT2D eigenvalue weighted by Crippen LogP contribution is 2.25. The molecule has 0 heterocycles. The van der Waals surface area contributed by atoms with Gasteiger partial charge in [-0.2, -0.15) is 0 Å². The van der Waals surface area contributed by atoms with Crippen LogP contribution in [0, 0.1) is 13.8 Å². The molecule has 1 amide bonds. The lowest BCUT2D eigenvalue weighted by molar-refractivity contribution is -0.140. The number of ether oxygens (including phenoxy) is 1. The van der Waals surface area contributed by atoms with E-state index in [1.165, 1.54) is 6.92 Å². The number of rotatable bonds is 6. The number of amides is 1. The normalized spacial score (nSPS) is 10.2. The minimum atomic E-state index is -0.361. The van der Waals surface area contributed by atoms with Crippen LogP contribution in [-0.4, -0.2) is 25.0 Å². The molecule has 2 aromatic carbocycles. The number of carbonyl (C=O) groups excluding carboxylic acids is 2. The zero-order valence-corrected chi connectivity index (χ0v) is 14.9. The van der Waals surface area contributed by atoms with E-state index in [9.17, 15) is 9.59 Å². The number of hydrogen-bond donors (Lipinski definition) is 0. The van der Waals surface area contributed by atoms with Gasteiger partial charge in [0.05, 0.1) is 12.1 Å². The quantitative estimate of drug-likeness (QED) is 0.744. The first-order valence-electron chi connectivity index (χ1n) is 8.18. The van der Waals surface area contributed by atoms with Crippen molar-refractivity contribution in [2.24, 2.45) is 0 Å². The minimum absolute atomic E-state index is 0.130. The molecule has 25 heavy (non-hydrogen) atoms. The van der Waals surface area contributed by atoms with Crippen LogP contribution >= 0.6 is 0 Å². The predicted molar refractivity (Wildman–Crippen MR) is 101 cm³/mol. The summed E-state index contributed by atoms with van der Waals surface area (Å²) in [5, 5.41) is 0. The average molecular weight is 337 g/mol. The predicted octanol–water partition coefficient (Wildman–Crippen LogP) is 4.16. The number of nitrogens with zero attached hydrogens (tertiary/aromatic N) is 1. The Morgan fingerprint density at radius 3 is 2.40 bits per heavy atom. The molecular formula is C21H23NO3. The fourth-order valence-electron chi connectivity index (χ4n) is 2.77. The van der Waals surface area contributed by atoms with Gasteiger partial charge in [-0.3, -0.25) is 9.59 Å². The zero-order valence-electron chi connectivity index (χ0n) is 14.9. The molecule has 0 aromatic heterocycles. The van der Waals surface area contributed by atoms with Gasteiger partial charge in [-0.1, -0.05) is 49.1 Å². The van der Waals surface area contributed by atoms with Gasteiger partial charge in [0.15, 0.2) is 0 Å². The van der Waals surface area contributed by atoms with Crippen molar-refractivity contribution in [2.75, 3.05) is 18.1 Å². The van der Waals surface area contributed by atoms with Crippen LogP contribution in [0.3, 0.4) is 0 Å². The van der Waals surface area contributed by atoms with Gasteiger partial charge in [0.1, 0.15) is 6.61 Å². The van der Waals surface area contributed by atoms with Crippen LogP contribution in [-0.2, 0) is 9.53 Å². The molecule has 0 saturated carbocycles. The molecule has 0 spiro atoms. The monoisotopic (exact) mass is 337 g/mol. The first-order valence-corrected chi connectivity index (χ1v) is 8.18. The first kappa shape index (κ1) is 18.5. The van der Waals surface area contributed by atoms with Crippen molar-refractivity contribution in [3.8, 4) is 0 Å². The van der Waals surface area contributed by atoms with Crippen molar-refractivity contribution in [1.29, 1.82) is 0 Å². The molecule has 2 rings (SSSR count). The van der Waals surface area contributed by atoms with E-state index >= 15 is 0 Å². The maximum absolute atomic E-state index is 13.3. The van der Waals surface area contributed by atoms with Crippen molar-refractivity contribution in [3.05, 3.63) is 71.3 Å². The summed E-state index contributed by atoms with van der Waals surface area (Å²) in [4.78, 5) is 26.1. The highest BCUT2D eigenvalue weighted by Gasteiger charge is 2.22. The SMILES string of the molecule is C=Cc1cccc(C)c1C(=O)N(CCOC(C)=O)c1ccccc1C. The van der Waals surface area contributed by atoms with Crippen LogP contribution in [0.25, 0.3) is 6.08 Å². The lowest BCUT2D eigenvalue weighted by atomic mass is 10.00. The summed E-state index contributed by atoms with van der Waals surface area (Å²) in [6, 6.07) is 13.3. The smallest absolute Gasteiger partial charge is 0.302 e. The van der Waals surface area contributed by atoms with E-state index in [4.69, 9.17) is 4.74 Å². The van der Waals surface area contributed by atoms with Gasteiger partial charge in [0.2, 0.25) is 0 Å². The van der Waals surface area contributed by atoms with Crippen molar-refractivity contribution in [2.45, 2.75) is 20.8 Å². The van der Waals surface area contributed by atoms with Crippen molar-refractivity contribution in [3.63, 3.8) is 0 Å². The molecule has 0 unspecified atom stereocenters. The van der Waals surface area contributed by atoms with Crippen molar-refractivity contribution >= 4 is 23.6 Å². The summed E-state index contributed by atoms with van der Waals surface area (Å²) >= 11 is 0. The summed E-state index contributed by atoms with van der Waals surface area (Å²) < 4.78 is 5.05. The molecule has 0 radical (unpaired) electrons. The third kappa shape index (κ3) is 4.35. The van der Waals surface area contributed by atoms with Gasteiger partial charge >= 0.3 is 5.97 Å². The Labute approximate surface area is 148 Å². The number of aryl methyl sites for hydroxylation is 2. The second kappa shape index (κ2) is 8.29. The highest BCUT2D eigenvalue weighted by molar-refractivity contribution is 6.09. The number of benzene rings is 2. The zero-order chi connectivity index (χ0) is 18.4. The Kier molecular flexibility index (Phi) is 6.12. The van der Waals surface area contributed by atoms with E-state index in [0.29, 0.717) is 5.56 Å². The van der Waals surface area contributed by atoms with Crippen LogP contribution in [0.2, 0.25) is 0 Å². The van der Waals surface area contributed by atoms with Crippen LogP contribution in [0.4, 0.5) is 5.69 Å². The lowest BCUT2D eigenvalue weighted by Gasteiger charge is -2.26. The van der Waals surface area contributed by atoms with Gasteiger partial charge in [0, 0.05) is 12.6 Å². The summed E-state index contributed by atoms with van der Waals surface area (Å²) in [7, 11) is 0. The molecule has 0 atom stereocenters. The highest BCUT2D eigenvalue weighted by atomic mass is 16.5. The number of esters is 1. The standard InChI is InChI=1S/C21H23NO3/c1-5-18-11-8-10-16(3)20(18)21(24)22(13-14-25-17(4)23)19-12-7-6-9-15(19)2/h5-12H,1,13-14H2,2-4H3. The molecular weight excluding hydrogens is 314 g/mol. The third-order valence-electron chi connectivity index (χ3n) is 4.01. The third-order valence-corrected chi connectivity index (χ3v) is 4.01. The van der Waals surface area contributed by atoms with E-state index in [1.807, 2.05) is 56.3 Å². The molecule has 4 nitrogen and oxygen atoms in total. The van der Waals surface area contributed by atoms with Crippen LogP contribution in [0.1, 0.15) is 34.0 Å². The molecule has 0 bridgehead atoms. The van der Waals surface area contributed by atoms with Gasteiger partial charge < -0.3 is 9.64 Å². The Balaban J connectivity index is 2.45. The average Bonchev–Trinajstić information content (AvgIpc) is 2.58. The summed E-state index contributed by atoms with van der Waals surface area (Å²) in [5.74, 6) is -0.491. The van der Waals surface area contributed by atoms with Crippen LogP contribution in [0.15, 0.2) is 49.0 Å². The Morgan fingerprint density at radius 2 is 1.76 bits per heavy atom. The van der Waals surface area contributed by atoms with E-state index in [-0.39, 0.29) is 25.0 Å². The molecule has 0 N–H and O–H groups in total. The van der Waals surface area contributed by atoms with Crippen LogP contribution < -0.4 is 4.90 Å². The largest absolute Gasteiger partial charge is 0.464 e. The van der Waals surface area contributed by atoms with E-state index in [2.05, 4.69) is 6.58 Å². The van der Waals surface area contributed by atoms with E-state index < -0.39 is 0 Å². The summed E-state index contributed by atoms with van der Waals surface area (Å²) in [5.41, 5.74) is 4.07. The number of hydrogen-bond acceptors (Lipinski definition) is 3. The minimum Gasteiger partial charge on any atom is -0.464 e. The second-order valence-corrected chi connectivity index (χ2v) is 5.83. The van der Waals surface area contributed by atoms with Gasteiger partial charge in [-0.25, -0.2) is 0 Å². The molecule has 0 aliphatic heterocycles. The molecule has 0 aliphatic rings. The maximum atomic E-state index is 13.3. The Morgan fingerprint density at radius 1 is 1.08 bits per heavy atom. The maximum Gasteiger partial charge on any atom is 0.302 e. The molecule has 0 aliphatic carbocycles. The van der Waals surface area contributed by atoms with E-state index in [0.717, 1.165) is 22.4 Å². The van der Waals surface area contributed by atoms with Gasteiger partial charge in [-0.05, 0) is 36.6 Å². The Hall–Kier alpha value is -2.88. The molecule has 130 valence electrons. The number of para-hydroxylation sites is 1.